The largest absolute Gasteiger partial charge is 0.222 e. The van der Waals surface area contributed by atoms with Gasteiger partial charge >= 0.3 is 0 Å². The highest BCUT2D eigenvalue weighted by Crippen LogP contribution is 2.19. The van der Waals surface area contributed by atoms with Crippen LogP contribution in [0.25, 0.3) is 0 Å². The molecule has 0 aliphatic heterocycles. The molecule has 0 amide bonds. The zero-order chi connectivity index (χ0) is 15.0. The van der Waals surface area contributed by atoms with E-state index in [-0.39, 0.29) is 5.38 Å². The summed E-state index contributed by atoms with van der Waals surface area (Å²) in [6.07, 6.45) is 4.05. The maximum absolute atomic E-state index is 8.49. The lowest BCUT2D eigenvalue weighted by Crippen LogP contribution is -2.68. The van der Waals surface area contributed by atoms with E-state index in [1.54, 1.807) is 0 Å². The van der Waals surface area contributed by atoms with Gasteiger partial charge < -0.3 is 0 Å². The quantitative estimate of drug-likeness (QED) is 0.493. The highest BCUT2D eigenvalue weighted by molar-refractivity contribution is 6.20. The minimum absolute atomic E-state index is 0.0265. The van der Waals surface area contributed by atoms with Gasteiger partial charge in [0.2, 0.25) is 0 Å². The van der Waals surface area contributed by atoms with Crippen LogP contribution in [-0.4, -0.2) is 0 Å². The minimum atomic E-state index is -4.94. The molecule has 2 aromatic rings. The normalized spacial score (nSPS) is 12.2. The highest BCUT2D eigenvalue weighted by atomic mass is 35.7. The van der Waals surface area contributed by atoms with Crippen molar-refractivity contribution in [2.24, 2.45) is 0 Å². The number of pyridine rings is 1. The Labute approximate surface area is 124 Å². The minimum Gasteiger partial charge on any atom is -0.222 e. The molecular formula is C13H13Cl2NO4. The van der Waals surface area contributed by atoms with Gasteiger partial charge in [0.1, 0.15) is 5.38 Å². The van der Waals surface area contributed by atoms with E-state index in [2.05, 4.69) is 16.7 Å². The standard InChI is InChI=1S/C13H13ClN.ClHO4/c14-13(12-7-3-1-4-8-12)11-15-9-5-2-6-10-15;2-1(3,4)5/h1-10,13H,11H2;(H,2,3,4,5)/q+1;/p-1. The molecule has 20 heavy (non-hydrogen) atoms. The van der Waals surface area contributed by atoms with E-state index in [0.717, 1.165) is 12.1 Å². The average molecular weight is 318 g/mol. The summed E-state index contributed by atoms with van der Waals surface area (Å²) in [7, 11) is -4.94. The van der Waals surface area contributed by atoms with Crippen molar-refractivity contribution in [3.63, 3.8) is 0 Å². The average Bonchev–Trinajstić information content (AvgIpc) is 2.39. The molecule has 108 valence electrons. The summed E-state index contributed by atoms with van der Waals surface area (Å²) in [5.74, 6) is 0. The van der Waals surface area contributed by atoms with Crippen molar-refractivity contribution in [2.75, 3.05) is 0 Å². The molecule has 0 spiro atoms. The molecule has 1 unspecified atom stereocenters. The summed E-state index contributed by atoms with van der Waals surface area (Å²) in [5.41, 5.74) is 1.16. The second kappa shape index (κ2) is 8.16. The fraction of sp³-hybridized carbons (Fsp3) is 0.154. The van der Waals surface area contributed by atoms with Gasteiger partial charge in [-0.15, -0.1) is 21.8 Å². The summed E-state index contributed by atoms with van der Waals surface area (Å²) in [4.78, 5) is 0. The third-order valence-corrected chi connectivity index (χ3v) is 2.70. The first-order chi connectivity index (χ1) is 9.36. The van der Waals surface area contributed by atoms with Gasteiger partial charge in [-0.1, -0.05) is 36.4 Å². The molecule has 0 N–H and O–H groups in total. The Kier molecular flexibility index (Phi) is 6.87. The molecule has 0 radical (unpaired) electrons. The van der Waals surface area contributed by atoms with Crippen molar-refractivity contribution in [1.29, 1.82) is 0 Å². The molecule has 0 aliphatic rings. The van der Waals surface area contributed by atoms with Crippen molar-refractivity contribution >= 4 is 11.6 Å². The maximum Gasteiger partial charge on any atom is 0.168 e. The van der Waals surface area contributed by atoms with Crippen molar-refractivity contribution in [2.45, 2.75) is 11.9 Å². The SMILES string of the molecule is ClC(C[n+]1ccccc1)c1ccccc1.[O-][Cl+3]([O-])([O-])[O-]. The van der Waals surface area contributed by atoms with Crippen LogP contribution in [0.3, 0.4) is 0 Å². The van der Waals surface area contributed by atoms with Gasteiger partial charge in [0.25, 0.3) is 0 Å². The highest BCUT2D eigenvalue weighted by Gasteiger charge is 2.12. The van der Waals surface area contributed by atoms with E-state index < -0.39 is 10.2 Å². The molecule has 1 aromatic carbocycles. The molecular weight excluding hydrogens is 305 g/mol. The van der Waals surface area contributed by atoms with Gasteiger partial charge in [0.15, 0.2) is 18.9 Å². The van der Waals surface area contributed by atoms with Crippen molar-refractivity contribution in [3.05, 3.63) is 66.5 Å². The number of aromatic nitrogens is 1. The molecule has 0 saturated carbocycles. The number of halogens is 2. The van der Waals surface area contributed by atoms with Crippen LogP contribution in [0.2, 0.25) is 0 Å². The van der Waals surface area contributed by atoms with Crippen LogP contribution < -0.4 is 23.2 Å². The monoisotopic (exact) mass is 317 g/mol. The van der Waals surface area contributed by atoms with Crippen LogP contribution in [0.4, 0.5) is 0 Å². The Morgan fingerprint density at radius 3 is 1.85 bits per heavy atom. The smallest absolute Gasteiger partial charge is 0.168 e. The van der Waals surface area contributed by atoms with E-state index in [1.807, 2.05) is 48.8 Å². The Balaban J connectivity index is 0.000000347. The van der Waals surface area contributed by atoms with Crippen molar-refractivity contribution < 1.29 is 33.4 Å². The molecule has 0 aliphatic carbocycles. The number of alkyl halides is 1. The molecule has 0 saturated heterocycles. The van der Waals surface area contributed by atoms with Crippen LogP contribution in [-0.2, 0) is 6.54 Å². The van der Waals surface area contributed by atoms with Crippen molar-refractivity contribution in [1.82, 2.24) is 0 Å². The van der Waals surface area contributed by atoms with Gasteiger partial charge in [0, 0.05) is 12.1 Å². The maximum atomic E-state index is 8.49. The Bertz CT molecular complexity index is 485. The van der Waals surface area contributed by atoms with E-state index in [4.69, 9.17) is 30.2 Å². The van der Waals surface area contributed by atoms with Gasteiger partial charge in [0.05, 0.1) is 0 Å². The predicted octanol–water partition coefficient (Wildman–Crippen LogP) is -1.80. The Morgan fingerprint density at radius 2 is 1.35 bits per heavy atom. The second-order valence-electron chi connectivity index (χ2n) is 3.83. The number of hydrogen-bond acceptors (Lipinski definition) is 4. The molecule has 0 bridgehead atoms. The third kappa shape index (κ3) is 8.06. The first kappa shape index (κ1) is 16.8. The lowest BCUT2D eigenvalue weighted by atomic mass is 10.1. The van der Waals surface area contributed by atoms with E-state index in [9.17, 15) is 0 Å². The molecule has 1 heterocycles. The number of hydrogen-bond donors (Lipinski definition) is 0. The molecule has 1 aromatic heterocycles. The van der Waals surface area contributed by atoms with E-state index in [1.165, 1.54) is 0 Å². The predicted molar refractivity (Wildman–Crippen MR) is 61.7 cm³/mol. The molecule has 0 fully saturated rings. The summed E-state index contributed by atoms with van der Waals surface area (Å²) < 4.78 is 36.1. The fourth-order valence-electron chi connectivity index (χ4n) is 1.51. The lowest BCUT2D eigenvalue weighted by molar-refractivity contribution is -2.00. The van der Waals surface area contributed by atoms with E-state index in [0.29, 0.717) is 0 Å². The number of nitrogens with zero attached hydrogens (tertiary/aromatic N) is 1. The van der Waals surface area contributed by atoms with Gasteiger partial charge in [-0.2, -0.15) is 0 Å². The van der Waals surface area contributed by atoms with Crippen LogP contribution in [0.1, 0.15) is 10.9 Å². The zero-order valence-electron chi connectivity index (χ0n) is 10.4. The van der Waals surface area contributed by atoms with Crippen LogP contribution in [0.5, 0.6) is 0 Å². The Hall–Kier alpha value is -1.21. The lowest BCUT2D eigenvalue weighted by Gasteiger charge is -2.17. The first-order valence-electron chi connectivity index (χ1n) is 5.61. The third-order valence-electron chi connectivity index (χ3n) is 2.31. The van der Waals surface area contributed by atoms with Gasteiger partial charge in [-0.3, -0.25) is 0 Å². The number of rotatable bonds is 3. The summed E-state index contributed by atoms with van der Waals surface area (Å²) in [6.45, 7) is 0.798. The fourth-order valence-corrected chi connectivity index (χ4v) is 1.81. The van der Waals surface area contributed by atoms with Gasteiger partial charge in [-0.25, -0.2) is 23.2 Å². The molecule has 5 nitrogen and oxygen atoms in total. The zero-order valence-corrected chi connectivity index (χ0v) is 11.9. The molecule has 1 atom stereocenters. The van der Waals surface area contributed by atoms with E-state index >= 15 is 0 Å². The molecule has 2 rings (SSSR count). The molecule has 7 heteroatoms. The summed E-state index contributed by atoms with van der Waals surface area (Å²) in [6, 6.07) is 16.2. The van der Waals surface area contributed by atoms with Crippen LogP contribution >= 0.6 is 11.6 Å². The first-order valence-corrected chi connectivity index (χ1v) is 7.28. The van der Waals surface area contributed by atoms with Crippen molar-refractivity contribution in [3.8, 4) is 0 Å². The topological polar surface area (TPSA) is 96.1 Å². The summed E-state index contributed by atoms with van der Waals surface area (Å²) >= 11 is 6.32. The second-order valence-corrected chi connectivity index (χ2v) is 5.11. The van der Waals surface area contributed by atoms with Crippen LogP contribution in [0.15, 0.2) is 60.9 Å². The van der Waals surface area contributed by atoms with Crippen LogP contribution in [0, 0.1) is 10.2 Å². The van der Waals surface area contributed by atoms with Gasteiger partial charge in [-0.05, 0) is 5.56 Å². The number of benzene rings is 1. The Morgan fingerprint density at radius 1 is 0.900 bits per heavy atom. The summed E-state index contributed by atoms with van der Waals surface area (Å²) in [5, 5.41) is 0.0265.